The summed E-state index contributed by atoms with van der Waals surface area (Å²) in [6, 6.07) is 15.6. The third-order valence-corrected chi connectivity index (χ3v) is 6.98. The van der Waals surface area contributed by atoms with Crippen molar-refractivity contribution in [3.63, 3.8) is 0 Å². The molecule has 0 aliphatic heterocycles. The van der Waals surface area contributed by atoms with Crippen LogP contribution in [0.2, 0.25) is 19.1 Å². The van der Waals surface area contributed by atoms with Gasteiger partial charge in [0.15, 0.2) is 0 Å². The van der Waals surface area contributed by atoms with E-state index in [1.165, 1.54) is 19.2 Å². The number of benzene rings is 1. The second kappa shape index (κ2) is 14.8. The van der Waals surface area contributed by atoms with Crippen LogP contribution in [0.5, 0.6) is 0 Å². The van der Waals surface area contributed by atoms with E-state index < -0.39 is 8.07 Å². The maximum atomic E-state index is 8.83. The quantitative estimate of drug-likeness (QED) is 0.446. The van der Waals surface area contributed by atoms with E-state index in [0.29, 0.717) is 6.61 Å². The minimum Gasteiger partial charge on any atom is -1.00 e. The molecule has 5 heteroatoms. The maximum Gasteiger partial charge on any atom is 0.0448 e. The molecule has 0 heterocycles. The predicted molar refractivity (Wildman–Crippen MR) is 106 cm³/mol. The Kier molecular flexibility index (Phi) is 16.0. The van der Waals surface area contributed by atoms with E-state index in [1.807, 2.05) is 0 Å². The molecule has 1 aliphatic carbocycles. The van der Waals surface area contributed by atoms with E-state index >= 15 is 0 Å². The van der Waals surface area contributed by atoms with Crippen LogP contribution >= 0.6 is 0 Å². The third kappa shape index (κ3) is 10.8. The molecular formula is C21H28Cl2OSiZr-2. The Morgan fingerprint density at radius 1 is 1.19 bits per heavy atom. The Labute approximate surface area is 187 Å². The average molecular weight is 487 g/mol. The van der Waals surface area contributed by atoms with Gasteiger partial charge in [0, 0.05) is 14.7 Å². The molecular weight excluding hydrogens is 458 g/mol. The molecule has 0 aromatic heterocycles. The van der Waals surface area contributed by atoms with E-state index in [4.69, 9.17) is 5.11 Å². The van der Waals surface area contributed by atoms with E-state index in [0.717, 1.165) is 12.5 Å². The Bertz CT molecular complexity index is 671. The van der Waals surface area contributed by atoms with Crippen molar-refractivity contribution in [3.05, 3.63) is 65.9 Å². The zero-order valence-corrected chi connectivity index (χ0v) is 21.0. The molecule has 1 aliphatic rings. The van der Waals surface area contributed by atoms with Crippen molar-refractivity contribution in [1.29, 1.82) is 0 Å². The molecule has 2 aromatic rings. The number of halogens is 2. The van der Waals surface area contributed by atoms with Crippen molar-refractivity contribution in [2.45, 2.75) is 39.4 Å². The maximum absolute atomic E-state index is 8.83. The smallest absolute Gasteiger partial charge is 0.0448 e. The molecule has 3 rings (SSSR count). The normalized spacial score (nSPS) is 11.9. The molecule has 0 fully saturated rings. The van der Waals surface area contributed by atoms with Crippen LogP contribution in [0.3, 0.4) is 0 Å². The number of allylic oxidation sites excluding steroid dienone is 4. The molecule has 2 aromatic carbocycles. The van der Waals surface area contributed by atoms with Gasteiger partial charge in [0.2, 0.25) is 0 Å². The number of aliphatic hydroxyl groups excluding tert-OH is 1. The first-order chi connectivity index (χ1) is 11.4. The summed E-state index contributed by atoms with van der Waals surface area (Å²) in [5, 5.41) is 12.9. The molecule has 26 heavy (non-hydrogen) atoms. The van der Waals surface area contributed by atoms with Crippen LogP contribution in [0.4, 0.5) is 0 Å². The number of hydrogen-bond donors (Lipinski definition) is 1. The summed E-state index contributed by atoms with van der Waals surface area (Å²) >= 11 is 1.55. The van der Waals surface area contributed by atoms with Gasteiger partial charge in [-0.25, -0.2) is 11.3 Å². The molecule has 0 radical (unpaired) electrons. The SMILES string of the molecule is C[C](C)=[Zr+2].C[Si](C)(CCO)C1=[C-]CC=C1.[Cl-].[Cl-].c1ccc2[cH-]ccc2c1. The fourth-order valence-corrected chi connectivity index (χ4v) is 4.33. The molecule has 0 saturated carbocycles. The Balaban J connectivity index is 0. The van der Waals surface area contributed by atoms with Gasteiger partial charge in [0.05, 0.1) is 0 Å². The van der Waals surface area contributed by atoms with E-state index in [1.54, 1.807) is 24.2 Å². The Hall–Kier alpha value is -0.180. The summed E-state index contributed by atoms with van der Waals surface area (Å²) in [6.07, 6.45) is 8.62. The number of aliphatic hydroxyl groups is 1. The van der Waals surface area contributed by atoms with Gasteiger partial charge in [0.1, 0.15) is 0 Å². The fourth-order valence-electron chi connectivity index (χ4n) is 2.35. The van der Waals surface area contributed by atoms with Crippen molar-refractivity contribution in [2.75, 3.05) is 6.61 Å². The van der Waals surface area contributed by atoms with Gasteiger partial charge in [-0.3, -0.25) is 6.08 Å². The van der Waals surface area contributed by atoms with Crippen molar-refractivity contribution in [1.82, 2.24) is 0 Å². The third-order valence-electron chi connectivity index (χ3n) is 3.71. The van der Waals surface area contributed by atoms with Crippen LogP contribution in [0, 0.1) is 6.08 Å². The Morgan fingerprint density at radius 3 is 2.31 bits per heavy atom. The fraction of sp³-hybridized carbons (Fsp3) is 0.333. The van der Waals surface area contributed by atoms with E-state index in [2.05, 4.69) is 87.6 Å². The summed E-state index contributed by atoms with van der Waals surface area (Å²) in [4.78, 5) is 0. The first-order valence-corrected chi connectivity index (χ1v) is 12.8. The predicted octanol–water partition coefficient (Wildman–Crippen LogP) is -0.772. The van der Waals surface area contributed by atoms with Crippen LogP contribution in [-0.4, -0.2) is 23.0 Å². The van der Waals surface area contributed by atoms with Gasteiger partial charge < -0.3 is 29.9 Å². The van der Waals surface area contributed by atoms with Gasteiger partial charge >= 0.3 is 41.3 Å². The Morgan fingerprint density at radius 2 is 1.81 bits per heavy atom. The van der Waals surface area contributed by atoms with Crippen molar-refractivity contribution < 1.29 is 54.2 Å². The van der Waals surface area contributed by atoms with Crippen LogP contribution in [0.1, 0.15) is 20.3 Å². The van der Waals surface area contributed by atoms with Gasteiger partial charge in [-0.05, 0) is 6.04 Å². The molecule has 1 N–H and O–H groups in total. The number of fused-ring (bicyclic) bond motifs is 1. The second-order valence-electron chi connectivity index (χ2n) is 6.71. The molecule has 0 spiro atoms. The minimum atomic E-state index is -1.30. The van der Waals surface area contributed by atoms with Gasteiger partial charge in [-0.1, -0.05) is 19.2 Å². The van der Waals surface area contributed by atoms with Gasteiger partial charge in [0.25, 0.3) is 0 Å². The summed E-state index contributed by atoms with van der Waals surface area (Å²) in [6.45, 7) is 9.12. The van der Waals surface area contributed by atoms with Crippen LogP contribution < -0.4 is 24.8 Å². The van der Waals surface area contributed by atoms with Gasteiger partial charge in [-0.15, -0.1) is 36.1 Å². The summed E-state index contributed by atoms with van der Waals surface area (Å²) in [5.41, 5.74) is 0. The van der Waals surface area contributed by atoms with Crippen molar-refractivity contribution in [3.8, 4) is 0 Å². The first-order valence-electron chi connectivity index (χ1n) is 8.37. The largest absolute Gasteiger partial charge is 1.00 e. The molecule has 0 amide bonds. The summed E-state index contributed by atoms with van der Waals surface area (Å²) in [7, 11) is -1.30. The molecule has 0 atom stereocenters. The second-order valence-corrected chi connectivity index (χ2v) is 14.0. The zero-order chi connectivity index (χ0) is 18.0. The van der Waals surface area contributed by atoms with Crippen molar-refractivity contribution >= 4 is 22.1 Å². The van der Waals surface area contributed by atoms with Crippen LogP contribution in [0.25, 0.3) is 10.8 Å². The molecule has 0 unspecified atom stereocenters. The topological polar surface area (TPSA) is 20.2 Å². The monoisotopic (exact) mass is 484 g/mol. The summed E-state index contributed by atoms with van der Waals surface area (Å²) < 4.78 is 1.51. The molecule has 142 valence electrons. The van der Waals surface area contributed by atoms with Crippen molar-refractivity contribution in [2.24, 2.45) is 0 Å². The minimum absolute atomic E-state index is 0. The zero-order valence-electron chi connectivity index (χ0n) is 16.0. The van der Waals surface area contributed by atoms with E-state index in [9.17, 15) is 0 Å². The van der Waals surface area contributed by atoms with Gasteiger partial charge in [-0.2, -0.15) is 23.6 Å². The number of hydrogen-bond acceptors (Lipinski definition) is 1. The number of rotatable bonds is 3. The molecule has 0 saturated heterocycles. The van der Waals surface area contributed by atoms with Crippen LogP contribution in [0.15, 0.2) is 59.8 Å². The van der Waals surface area contributed by atoms with E-state index in [-0.39, 0.29) is 24.8 Å². The van der Waals surface area contributed by atoms with Crippen LogP contribution in [-0.2, 0) is 24.2 Å². The molecule has 0 bridgehead atoms. The molecule has 1 nitrogen and oxygen atoms in total. The average Bonchev–Trinajstić information content (AvgIpc) is 3.19. The summed E-state index contributed by atoms with van der Waals surface area (Å²) in [5.74, 6) is 0. The standard InChI is InChI=1S/C9H15OSi.C9H7.C3H6.2ClH.Zr/c1-11(2,8-7-10)9-5-3-4-6-9;1-2-5-9-7-3-6-8(9)4-1;1-3-2;;;/h3,5,10H,4,7-8H2,1-2H3;1-7H;1-2H3;2*1H;/q2*-1;;;;+2/p-2. The first kappa shape index (κ1) is 28.0.